The third kappa shape index (κ3) is 4.69. The molecule has 1 aliphatic rings. The minimum Gasteiger partial charge on any atom is -0.493 e. The van der Waals surface area contributed by atoms with E-state index in [1.54, 1.807) is 30.3 Å². The fraction of sp³-hybridized carbons (Fsp3) is 0.136. The molecule has 0 bridgehead atoms. The van der Waals surface area contributed by atoms with Gasteiger partial charge in [0.25, 0.3) is 11.8 Å². The summed E-state index contributed by atoms with van der Waals surface area (Å²) in [6.07, 6.45) is 2.80. The number of carbonyl (C=O) groups is 3. The molecule has 2 aromatic carbocycles. The molecule has 3 rings (SSSR count). The molecular weight excluding hydrogens is 408 g/mol. The van der Waals surface area contributed by atoms with Crippen molar-refractivity contribution in [3.8, 4) is 11.5 Å². The number of barbiturate groups is 1. The number of benzene rings is 2. The third-order valence-corrected chi connectivity index (χ3v) is 4.56. The second-order valence-corrected chi connectivity index (χ2v) is 6.78. The number of halogens is 1. The highest BCUT2D eigenvalue weighted by Gasteiger charge is 2.34. The van der Waals surface area contributed by atoms with Crippen LogP contribution >= 0.6 is 11.6 Å². The summed E-state index contributed by atoms with van der Waals surface area (Å²) >= 11 is 5.90. The van der Waals surface area contributed by atoms with Crippen LogP contribution in [0.2, 0.25) is 5.02 Å². The van der Waals surface area contributed by atoms with Crippen LogP contribution in [0.4, 0.5) is 4.79 Å². The molecule has 7 nitrogen and oxygen atoms in total. The van der Waals surface area contributed by atoms with Gasteiger partial charge in [0.05, 0.1) is 7.11 Å². The molecule has 4 amide bonds. The van der Waals surface area contributed by atoms with Gasteiger partial charge in [-0.05, 0) is 41.5 Å². The molecule has 0 saturated carbocycles. The van der Waals surface area contributed by atoms with E-state index in [0.29, 0.717) is 22.1 Å². The summed E-state index contributed by atoms with van der Waals surface area (Å²) in [6.45, 7) is 3.78. The molecular formula is C22H19ClN2O5. The van der Waals surface area contributed by atoms with E-state index in [0.717, 1.165) is 10.5 Å². The molecule has 1 aliphatic heterocycles. The summed E-state index contributed by atoms with van der Waals surface area (Å²) < 4.78 is 11.2. The smallest absolute Gasteiger partial charge is 0.331 e. The quantitative estimate of drug-likeness (QED) is 0.415. The van der Waals surface area contributed by atoms with Crippen molar-refractivity contribution in [3.63, 3.8) is 0 Å². The van der Waals surface area contributed by atoms with E-state index in [1.807, 2.05) is 12.1 Å². The zero-order valence-electron chi connectivity index (χ0n) is 16.2. The Morgan fingerprint density at radius 2 is 1.83 bits per heavy atom. The summed E-state index contributed by atoms with van der Waals surface area (Å²) in [4.78, 5) is 37.5. The van der Waals surface area contributed by atoms with Crippen LogP contribution in [-0.2, 0) is 16.2 Å². The van der Waals surface area contributed by atoms with E-state index in [4.69, 9.17) is 21.1 Å². The molecule has 2 aromatic rings. The van der Waals surface area contributed by atoms with Gasteiger partial charge in [-0.2, -0.15) is 0 Å². The Hall–Kier alpha value is -3.58. The second kappa shape index (κ2) is 9.28. The van der Waals surface area contributed by atoms with Gasteiger partial charge in [-0.25, -0.2) is 4.79 Å². The van der Waals surface area contributed by atoms with Gasteiger partial charge < -0.3 is 9.47 Å². The number of ether oxygens (including phenoxy) is 2. The van der Waals surface area contributed by atoms with Gasteiger partial charge >= 0.3 is 6.03 Å². The van der Waals surface area contributed by atoms with E-state index < -0.39 is 17.8 Å². The zero-order valence-corrected chi connectivity index (χ0v) is 16.9. The van der Waals surface area contributed by atoms with Crippen LogP contribution in [-0.4, -0.2) is 36.4 Å². The molecule has 0 aliphatic carbocycles. The standard InChI is InChI=1S/C22H19ClN2O5/c1-3-10-25-21(27)17(20(26)24-22(25)28)11-15-6-9-18(29-2)19(12-15)30-13-14-4-7-16(23)8-5-14/h3-9,11-12H,1,10,13H2,2H3,(H,24,26,28). The summed E-state index contributed by atoms with van der Waals surface area (Å²) in [6, 6.07) is 11.4. The van der Waals surface area contributed by atoms with Gasteiger partial charge in [0.1, 0.15) is 12.2 Å². The second-order valence-electron chi connectivity index (χ2n) is 6.35. The number of carbonyl (C=O) groups excluding carboxylic acids is 3. The van der Waals surface area contributed by atoms with Crippen molar-refractivity contribution in [1.29, 1.82) is 0 Å². The summed E-state index contributed by atoms with van der Waals surface area (Å²) in [5.74, 6) is -0.522. The zero-order chi connectivity index (χ0) is 21.7. The van der Waals surface area contributed by atoms with E-state index in [1.165, 1.54) is 19.3 Å². The first-order chi connectivity index (χ1) is 14.4. The number of hydrogen-bond donors (Lipinski definition) is 1. The van der Waals surface area contributed by atoms with Crippen LogP contribution in [0, 0.1) is 0 Å². The fourth-order valence-electron chi connectivity index (χ4n) is 2.79. The summed E-state index contributed by atoms with van der Waals surface area (Å²) in [7, 11) is 1.51. The van der Waals surface area contributed by atoms with Crippen molar-refractivity contribution >= 4 is 35.5 Å². The number of rotatable bonds is 7. The lowest BCUT2D eigenvalue weighted by Gasteiger charge is -2.25. The minimum atomic E-state index is -0.774. The molecule has 30 heavy (non-hydrogen) atoms. The normalized spacial score (nSPS) is 15.2. The molecule has 1 heterocycles. The maximum atomic E-state index is 12.5. The highest BCUT2D eigenvalue weighted by atomic mass is 35.5. The number of hydrogen-bond acceptors (Lipinski definition) is 5. The van der Waals surface area contributed by atoms with Crippen LogP contribution in [0.5, 0.6) is 11.5 Å². The molecule has 0 radical (unpaired) electrons. The van der Waals surface area contributed by atoms with Crippen LogP contribution in [0.25, 0.3) is 6.08 Å². The largest absolute Gasteiger partial charge is 0.493 e. The SMILES string of the molecule is C=CCN1C(=O)NC(=O)C(=Cc2ccc(OC)c(OCc3ccc(Cl)cc3)c2)C1=O. The fourth-order valence-corrected chi connectivity index (χ4v) is 2.92. The highest BCUT2D eigenvalue weighted by molar-refractivity contribution is 6.31. The van der Waals surface area contributed by atoms with Gasteiger partial charge in [-0.15, -0.1) is 6.58 Å². The van der Waals surface area contributed by atoms with E-state index in [2.05, 4.69) is 11.9 Å². The number of nitrogens with zero attached hydrogens (tertiary/aromatic N) is 1. The maximum absolute atomic E-state index is 12.5. The first-order valence-corrected chi connectivity index (χ1v) is 9.35. The van der Waals surface area contributed by atoms with Crippen molar-refractivity contribution in [3.05, 3.63) is 76.8 Å². The molecule has 0 unspecified atom stereocenters. The third-order valence-electron chi connectivity index (χ3n) is 4.30. The molecule has 1 fully saturated rings. The van der Waals surface area contributed by atoms with Crippen molar-refractivity contribution in [1.82, 2.24) is 10.2 Å². The molecule has 1 N–H and O–H groups in total. The molecule has 154 valence electrons. The van der Waals surface area contributed by atoms with Gasteiger partial charge in [0, 0.05) is 11.6 Å². The van der Waals surface area contributed by atoms with Crippen LogP contribution in [0.15, 0.2) is 60.7 Å². The summed E-state index contributed by atoms with van der Waals surface area (Å²) in [5.41, 5.74) is 1.28. The Morgan fingerprint density at radius 1 is 1.10 bits per heavy atom. The van der Waals surface area contributed by atoms with Gasteiger partial charge in [-0.1, -0.05) is 35.9 Å². The summed E-state index contributed by atoms with van der Waals surface area (Å²) in [5, 5.41) is 2.78. The monoisotopic (exact) mass is 426 g/mol. The highest BCUT2D eigenvalue weighted by Crippen LogP contribution is 2.30. The van der Waals surface area contributed by atoms with Crippen LogP contribution in [0.3, 0.4) is 0 Å². The Bertz CT molecular complexity index is 1030. The van der Waals surface area contributed by atoms with Crippen LogP contribution in [0.1, 0.15) is 11.1 Å². The van der Waals surface area contributed by atoms with E-state index >= 15 is 0 Å². The minimum absolute atomic E-state index is 0.00659. The van der Waals surface area contributed by atoms with Gasteiger partial charge in [0.15, 0.2) is 11.5 Å². The lowest BCUT2D eigenvalue weighted by atomic mass is 10.1. The Kier molecular flexibility index (Phi) is 6.54. The predicted octanol–water partition coefficient (Wildman–Crippen LogP) is 3.58. The maximum Gasteiger partial charge on any atom is 0.331 e. The van der Waals surface area contributed by atoms with Crippen LogP contribution < -0.4 is 14.8 Å². The van der Waals surface area contributed by atoms with Gasteiger partial charge in [0.2, 0.25) is 0 Å². The number of nitrogens with one attached hydrogen (secondary N) is 1. The lowest BCUT2D eigenvalue weighted by molar-refractivity contribution is -0.129. The van der Waals surface area contributed by atoms with Gasteiger partial charge in [-0.3, -0.25) is 19.8 Å². The number of methoxy groups -OCH3 is 1. The average molecular weight is 427 g/mol. The first-order valence-electron chi connectivity index (χ1n) is 8.98. The molecule has 0 spiro atoms. The number of urea groups is 1. The molecule has 0 aromatic heterocycles. The lowest BCUT2D eigenvalue weighted by Crippen LogP contribution is -2.54. The van der Waals surface area contributed by atoms with Crippen molar-refractivity contribution in [2.75, 3.05) is 13.7 Å². The first kappa shape index (κ1) is 21.1. The molecule has 0 atom stereocenters. The average Bonchev–Trinajstić information content (AvgIpc) is 2.74. The Morgan fingerprint density at radius 3 is 2.50 bits per heavy atom. The predicted molar refractivity (Wildman–Crippen MR) is 112 cm³/mol. The van der Waals surface area contributed by atoms with Crippen molar-refractivity contribution in [2.45, 2.75) is 6.61 Å². The number of imide groups is 2. The van der Waals surface area contributed by atoms with Crippen molar-refractivity contribution in [2.24, 2.45) is 0 Å². The van der Waals surface area contributed by atoms with E-state index in [-0.39, 0.29) is 18.7 Å². The Labute approximate surface area is 178 Å². The molecule has 8 heteroatoms. The van der Waals surface area contributed by atoms with E-state index in [9.17, 15) is 14.4 Å². The topological polar surface area (TPSA) is 84.9 Å². The van der Waals surface area contributed by atoms with Crippen molar-refractivity contribution < 1.29 is 23.9 Å². The number of amides is 4. The molecule has 1 saturated heterocycles. The Balaban J connectivity index is 1.86.